The second-order valence-corrected chi connectivity index (χ2v) is 8.75. The van der Waals surface area contributed by atoms with E-state index >= 15 is 0 Å². The number of nitrogens with one attached hydrogen (secondary N) is 1. The van der Waals surface area contributed by atoms with Crippen LogP contribution in [0.25, 0.3) is 0 Å². The molecule has 0 aliphatic rings. The Morgan fingerprint density at radius 1 is 1.00 bits per heavy atom. The fourth-order valence-corrected chi connectivity index (χ4v) is 5.61. The van der Waals surface area contributed by atoms with E-state index in [2.05, 4.69) is 2.94 Å². The van der Waals surface area contributed by atoms with Gasteiger partial charge in [0.1, 0.15) is 0 Å². The number of benzene rings is 2. The van der Waals surface area contributed by atoms with Gasteiger partial charge in [0.2, 0.25) is 0 Å². The first-order valence-corrected chi connectivity index (χ1v) is 9.28. The predicted molar refractivity (Wildman–Crippen MR) is 84.0 cm³/mol. The van der Waals surface area contributed by atoms with Crippen molar-refractivity contribution in [3.05, 3.63) is 68.3 Å². The van der Waals surface area contributed by atoms with Crippen LogP contribution in [0, 0.1) is 13.7 Å². The third-order valence-corrected chi connectivity index (χ3v) is 7.61. The molecule has 0 aliphatic heterocycles. The molecule has 0 fully saturated rings. The molecule has 0 spiro atoms. The van der Waals surface area contributed by atoms with Crippen LogP contribution in [0.4, 0.5) is 5.69 Å². The Labute approximate surface area is 126 Å². The van der Waals surface area contributed by atoms with Crippen molar-refractivity contribution in [2.24, 2.45) is 0 Å². The second kappa shape index (κ2) is 6.29. The summed E-state index contributed by atoms with van der Waals surface area (Å²) in [6, 6.07) is 14.1. The molecular weight excluding hydrogens is 395 g/mol. The van der Waals surface area contributed by atoms with E-state index < -0.39 is 36.4 Å². The van der Waals surface area contributed by atoms with Gasteiger partial charge in [-0.25, -0.2) is 0 Å². The van der Waals surface area contributed by atoms with E-state index in [0.29, 0.717) is 0 Å². The van der Waals surface area contributed by atoms with E-state index in [1.807, 2.05) is 30.3 Å². The van der Waals surface area contributed by atoms with Crippen LogP contribution in [0.5, 0.6) is 0 Å². The van der Waals surface area contributed by atoms with E-state index in [4.69, 9.17) is 0 Å². The first kappa shape index (κ1) is 14.9. The molecule has 0 aliphatic carbocycles. The van der Waals surface area contributed by atoms with Crippen molar-refractivity contribution < 1.29 is 13.3 Å². The molecule has 0 saturated carbocycles. The van der Waals surface area contributed by atoms with Gasteiger partial charge < -0.3 is 0 Å². The fraction of sp³-hybridized carbons (Fsp3) is 0. The Hall–Kier alpha value is -1.52. The van der Waals surface area contributed by atoms with Crippen molar-refractivity contribution >= 4 is 37.2 Å². The number of nitrogens with zero attached hydrogens (tertiary/aromatic N) is 1. The van der Waals surface area contributed by atoms with Gasteiger partial charge in [-0.2, -0.15) is 0 Å². The van der Waals surface area contributed by atoms with Gasteiger partial charge in [-0.05, 0) is 0 Å². The van der Waals surface area contributed by atoms with E-state index in [0.717, 1.165) is 3.57 Å². The van der Waals surface area contributed by atoms with Gasteiger partial charge in [0.05, 0.1) is 0 Å². The molecule has 0 atom stereocenters. The maximum absolute atomic E-state index is 12.0. The van der Waals surface area contributed by atoms with Gasteiger partial charge in [0.15, 0.2) is 0 Å². The van der Waals surface area contributed by atoms with Gasteiger partial charge in [-0.1, -0.05) is 0 Å². The van der Waals surface area contributed by atoms with Crippen LogP contribution in [0.1, 0.15) is 0 Å². The zero-order valence-electron chi connectivity index (χ0n) is 10.1. The van der Waals surface area contributed by atoms with E-state index in [1.54, 1.807) is 0 Å². The maximum atomic E-state index is 12.0. The number of nitro groups is 1. The predicted octanol–water partition coefficient (Wildman–Crippen LogP) is 2.36. The number of hydrogen-bond acceptors (Lipinski definition) is 4. The standard InChI is InChI=1S/C12H11IN2O4S/c16-15(17)11-6-8-12(9-7-11)20(18,19)14-13-10-4-2-1-3-5-10/h1-9,13-14H. The third-order valence-electron chi connectivity index (χ3n) is 2.37. The molecule has 0 bridgehead atoms. The van der Waals surface area contributed by atoms with Gasteiger partial charge in [0.25, 0.3) is 0 Å². The first-order valence-electron chi connectivity index (χ1n) is 5.47. The number of nitro benzene ring substituents is 1. The number of non-ortho nitro benzene ring substituents is 1. The molecule has 20 heavy (non-hydrogen) atoms. The Kier molecular flexibility index (Phi) is 4.68. The summed E-state index contributed by atoms with van der Waals surface area (Å²) in [5.74, 6) is 0. The SMILES string of the molecule is O=[N+]([O-])c1ccc(S(=O)(=O)N[IH]c2ccccc2)cc1. The Bertz CT molecular complexity index is 702. The molecule has 0 aromatic heterocycles. The fourth-order valence-electron chi connectivity index (χ4n) is 1.39. The van der Waals surface area contributed by atoms with Crippen LogP contribution in [-0.2, 0) is 10.0 Å². The molecule has 2 aromatic carbocycles. The molecule has 106 valence electrons. The monoisotopic (exact) mass is 406 g/mol. The Balaban J connectivity index is 2.12. The summed E-state index contributed by atoms with van der Waals surface area (Å²) < 4.78 is 27.6. The molecule has 2 rings (SSSR count). The number of rotatable bonds is 5. The van der Waals surface area contributed by atoms with Crippen molar-refractivity contribution in [1.29, 1.82) is 0 Å². The Morgan fingerprint density at radius 3 is 2.15 bits per heavy atom. The molecule has 0 amide bonds. The number of hydrogen-bond donors (Lipinski definition) is 1. The van der Waals surface area contributed by atoms with Gasteiger partial charge in [0, 0.05) is 0 Å². The van der Waals surface area contributed by atoms with Crippen molar-refractivity contribution in [3.8, 4) is 0 Å². The summed E-state index contributed by atoms with van der Waals surface area (Å²) >= 11 is -1.07. The summed E-state index contributed by atoms with van der Waals surface area (Å²) in [5.41, 5.74) is -0.136. The quantitative estimate of drug-likeness (QED) is 0.357. The van der Waals surface area contributed by atoms with Crippen LogP contribution < -0.4 is 2.94 Å². The van der Waals surface area contributed by atoms with Crippen molar-refractivity contribution in [3.63, 3.8) is 0 Å². The second-order valence-electron chi connectivity index (χ2n) is 3.75. The van der Waals surface area contributed by atoms with Crippen LogP contribution in [-0.4, -0.2) is 13.3 Å². The van der Waals surface area contributed by atoms with Crippen molar-refractivity contribution in [1.82, 2.24) is 2.94 Å². The molecule has 2 aromatic rings. The van der Waals surface area contributed by atoms with Crippen LogP contribution in [0.2, 0.25) is 0 Å². The molecule has 0 heterocycles. The van der Waals surface area contributed by atoms with Crippen molar-refractivity contribution in [2.75, 3.05) is 0 Å². The first-order chi connectivity index (χ1) is 9.49. The minimum atomic E-state index is -3.62. The molecular formula is C12H11IN2O4S. The Morgan fingerprint density at radius 2 is 1.60 bits per heavy atom. The molecule has 1 N–H and O–H groups in total. The van der Waals surface area contributed by atoms with E-state index in [1.165, 1.54) is 24.3 Å². The van der Waals surface area contributed by atoms with Crippen LogP contribution in [0.15, 0.2) is 59.5 Å². The topological polar surface area (TPSA) is 89.3 Å². The normalized spacial score (nSPS) is 11.4. The van der Waals surface area contributed by atoms with Gasteiger partial charge in [-0.15, -0.1) is 0 Å². The van der Waals surface area contributed by atoms with E-state index in [9.17, 15) is 18.5 Å². The number of halogens is 1. The summed E-state index contributed by atoms with van der Waals surface area (Å²) in [7, 11) is -3.62. The minimum absolute atomic E-state index is 0.0316. The molecule has 0 saturated heterocycles. The van der Waals surface area contributed by atoms with Crippen LogP contribution >= 0.6 is 21.5 Å². The zero-order chi connectivity index (χ0) is 14.6. The number of sulfonamides is 1. The molecule has 6 nitrogen and oxygen atoms in total. The summed E-state index contributed by atoms with van der Waals surface area (Å²) in [6.07, 6.45) is 0. The molecule has 0 radical (unpaired) electrons. The third kappa shape index (κ3) is 3.74. The van der Waals surface area contributed by atoms with Crippen molar-refractivity contribution in [2.45, 2.75) is 4.90 Å². The molecule has 8 heteroatoms. The molecule has 0 unspecified atom stereocenters. The van der Waals surface area contributed by atoms with Gasteiger partial charge in [-0.3, -0.25) is 0 Å². The average molecular weight is 406 g/mol. The summed E-state index contributed by atoms with van der Waals surface area (Å²) in [4.78, 5) is 9.98. The van der Waals surface area contributed by atoms with E-state index in [-0.39, 0.29) is 10.6 Å². The summed E-state index contributed by atoms with van der Waals surface area (Å²) in [6.45, 7) is 0. The average Bonchev–Trinajstić information content (AvgIpc) is 2.46. The van der Waals surface area contributed by atoms with Gasteiger partial charge >= 0.3 is 127 Å². The van der Waals surface area contributed by atoms with Crippen LogP contribution in [0.3, 0.4) is 0 Å². The summed E-state index contributed by atoms with van der Waals surface area (Å²) in [5, 5.41) is 10.5. The zero-order valence-corrected chi connectivity index (χ0v) is 13.2.